The fourth-order valence-electron chi connectivity index (χ4n) is 4.70. The minimum absolute atomic E-state index is 0.204. The number of hydrogen-bond acceptors (Lipinski definition) is 8. The van der Waals surface area contributed by atoms with Gasteiger partial charge in [0, 0.05) is 21.8 Å². The predicted octanol–water partition coefficient (Wildman–Crippen LogP) is 6.46. The average molecular weight is 718 g/mol. The second-order valence-electron chi connectivity index (χ2n) is 9.47. The predicted molar refractivity (Wildman–Crippen MR) is 175 cm³/mol. The van der Waals surface area contributed by atoms with Crippen molar-refractivity contribution in [1.29, 1.82) is 0 Å². The zero-order valence-corrected chi connectivity index (χ0v) is 27.8. The molecule has 1 atom stereocenters. The Bertz CT molecular complexity index is 1920. The van der Waals surface area contributed by atoms with Crippen molar-refractivity contribution in [1.82, 2.24) is 4.57 Å². The summed E-state index contributed by atoms with van der Waals surface area (Å²) in [5.41, 5.74) is 2.00. The summed E-state index contributed by atoms with van der Waals surface area (Å²) in [7, 11) is 1.29. The maximum absolute atomic E-state index is 14.1. The molecule has 4 aromatic rings. The number of hydrogen-bond donors (Lipinski definition) is 0. The maximum atomic E-state index is 14.1. The van der Waals surface area contributed by atoms with Crippen LogP contribution in [0.3, 0.4) is 0 Å². The van der Waals surface area contributed by atoms with Crippen molar-refractivity contribution in [3.8, 4) is 17.2 Å². The fourth-order valence-corrected chi connectivity index (χ4v) is 6.74. The van der Waals surface area contributed by atoms with Crippen molar-refractivity contribution >= 4 is 62.5 Å². The molecule has 0 saturated carbocycles. The van der Waals surface area contributed by atoms with Gasteiger partial charge in [0.1, 0.15) is 12.4 Å². The Morgan fingerprint density at radius 1 is 1.00 bits per heavy atom. The molecule has 0 aliphatic carbocycles. The van der Waals surface area contributed by atoms with Crippen LogP contribution >= 0.6 is 50.5 Å². The number of halogens is 3. The quantitative estimate of drug-likeness (QED) is 0.175. The van der Waals surface area contributed by atoms with E-state index in [1.807, 2.05) is 26.0 Å². The fraction of sp³-hybridized carbons (Fsp3) is 0.219. The number of ether oxygens (including phenoxy) is 4. The number of carbonyl (C=O) groups excluding carboxylic acids is 1. The Kier molecular flexibility index (Phi) is 10.2. The molecule has 0 N–H and O–H groups in total. The van der Waals surface area contributed by atoms with Crippen LogP contribution in [-0.4, -0.2) is 30.9 Å². The third-order valence-corrected chi connectivity index (χ3v) is 8.68. The van der Waals surface area contributed by atoms with Gasteiger partial charge in [0.2, 0.25) is 0 Å². The molecule has 0 fully saturated rings. The van der Waals surface area contributed by atoms with E-state index in [0.29, 0.717) is 65.4 Å². The molecule has 0 amide bonds. The van der Waals surface area contributed by atoms with Crippen LogP contribution in [0.5, 0.6) is 17.2 Å². The van der Waals surface area contributed by atoms with Gasteiger partial charge in [-0.2, -0.15) is 0 Å². The first kappa shape index (κ1) is 31.8. The highest BCUT2D eigenvalue weighted by Gasteiger charge is 2.31. The van der Waals surface area contributed by atoms with Crippen LogP contribution in [0.2, 0.25) is 10.0 Å². The van der Waals surface area contributed by atoms with Crippen LogP contribution in [-0.2, 0) is 16.1 Å². The first-order valence-corrected chi connectivity index (χ1v) is 16.0. The molecule has 3 aromatic carbocycles. The standard InChI is InChI=1S/C32H27BrCl2N2O6S/c1-4-41-25-11-8-19(13-26(25)42-5-2)28-23(31(39)40-3)16-36-32-37(28)30(38)27(44-32)14-20-12-22(35)15-24(33)29(20)43-17-18-6-9-21(34)10-7-18/h6-16,28H,4-5,17H2,1-3H3/b27-14+/t28-/m0/s1. The number of carbonyl (C=O) groups is 1. The van der Waals surface area contributed by atoms with Crippen molar-refractivity contribution in [3.05, 3.63) is 117 Å². The number of esters is 1. The molecule has 1 aliphatic heterocycles. The van der Waals surface area contributed by atoms with Gasteiger partial charge in [0.15, 0.2) is 16.3 Å². The lowest BCUT2D eigenvalue weighted by atomic mass is 9.97. The molecule has 0 spiro atoms. The number of aromatic nitrogens is 1. The highest BCUT2D eigenvalue weighted by Crippen LogP contribution is 2.36. The minimum atomic E-state index is -0.817. The van der Waals surface area contributed by atoms with Crippen LogP contribution < -0.4 is 29.1 Å². The number of rotatable bonds is 10. The van der Waals surface area contributed by atoms with Crippen LogP contribution in [0.4, 0.5) is 0 Å². The zero-order chi connectivity index (χ0) is 31.4. The van der Waals surface area contributed by atoms with Crippen LogP contribution in [0.15, 0.2) is 80.6 Å². The summed E-state index contributed by atoms with van der Waals surface area (Å²) in [6.45, 7) is 4.87. The Hall–Kier alpha value is -3.57. The highest BCUT2D eigenvalue weighted by atomic mass is 79.9. The molecule has 0 bridgehead atoms. The van der Waals surface area contributed by atoms with E-state index >= 15 is 0 Å². The number of methoxy groups -OCH3 is 1. The van der Waals surface area contributed by atoms with Crippen LogP contribution in [0.1, 0.15) is 36.6 Å². The topological polar surface area (TPSA) is 88.4 Å². The van der Waals surface area contributed by atoms with Crippen LogP contribution in [0.25, 0.3) is 6.08 Å². The van der Waals surface area contributed by atoms with E-state index in [1.54, 1.807) is 48.5 Å². The summed E-state index contributed by atoms with van der Waals surface area (Å²) in [4.78, 5) is 31.9. The number of benzene rings is 3. The van der Waals surface area contributed by atoms with Gasteiger partial charge in [0.05, 0.1) is 40.9 Å². The van der Waals surface area contributed by atoms with Gasteiger partial charge in [-0.15, -0.1) is 0 Å². The van der Waals surface area contributed by atoms with Crippen molar-refractivity contribution in [3.63, 3.8) is 0 Å². The van der Waals surface area contributed by atoms with Gasteiger partial charge >= 0.3 is 5.97 Å². The third kappa shape index (κ3) is 6.73. The number of fused-ring (bicyclic) bond motifs is 1. The SMILES string of the molecule is CCOc1ccc([C@H]2C(C(=O)OC)=CN=c3s/c(=C/c4cc(Cl)cc(Br)c4OCc4ccc(Cl)cc4)c(=O)n32)cc1OCC. The molecule has 228 valence electrons. The largest absolute Gasteiger partial charge is 0.490 e. The molecule has 2 heterocycles. The second kappa shape index (κ2) is 14.0. The summed E-state index contributed by atoms with van der Waals surface area (Å²) < 4.78 is 25.3. The Labute approximate surface area is 275 Å². The smallest absolute Gasteiger partial charge is 0.337 e. The van der Waals surface area contributed by atoms with E-state index in [9.17, 15) is 9.59 Å². The molecule has 1 aliphatic rings. The molecule has 0 unspecified atom stereocenters. The molecule has 0 saturated heterocycles. The van der Waals surface area contributed by atoms with Gasteiger partial charge in [0.25, 0.3) is 5.56 Å². The van der Waals surface area contributed by atoms with Gasteiger partial charge in [-0.3, -0.25) is 9.36 Å². The monoisotopic (exact) mass is 716 g/mol. The number of thiazole rings is 1. The van der Waals surface area contributed by atoms with Crippen molar-refractivity contribution in [2.75, 3.05) is 20.3 Å². The zero-order valence-electron chi connectivity index (χ0n) is 23.9. The Morgan fingerprint density at radius 2 is 1.73 bits per heavy atom. The molecule has 8 nitrogen and oxygen atoms in total. The summed E-state index contributed by atoms with van der Waals surface area (Å²) in [5, 5.41) is 1.09. The Morgan fingerprint density at radius 3 is 2.43 bits per heavy atom. The van der Waals surface area contributed by atoms with E-state index in [0.717, 1.165) is 5.56 Å². The molecule has 44 heavy (non-hydrogen) atoms. The second-order valence-corrected chi connectivity index (χ2v) is 12.2. The minimum Gasteiger partial charge on any atom is -0.490 e. The lowest BCUT2D eigenvalue weighted by Crippen LogP contribution is -2.39. The maximum Gasteiger partial charge on any atom is 0.337 e. The van der Waals surface area contributed by atoms with E-state index in [2.05, 4.69) is 20.9 Å². The third-order valence-electron chi connectivity index (χ3n) is 6.63. The van der Waals surface area contributed by atoms with Crippen molar-refractivity contribution < 1.29 is 23.7 Å². The van der Waals surface area contributed by atoms with Crippen molar-refractivity contribution in [2.45, 2.75) is 26.5 Å². The highest BCUT2D eigenvalue weighted by molar-refractivity contribution is 9.10. The molecular formula is C32H27BrCl2N2O6S. The van der Waals surface area contributed by atoms with Crippen LogP contribution in [0, 0.1) is 0 Å². The molecule has 12 heteroatoms. The van der Waals surface area contributed by atoms with E-state index in [-0.39, 0.29) is 17.7 Å². The molecule has 0 radical (unpaired) electrons. The van der Waals surface area contributed by atoms with Gasteiger partial charge < -0.3 is 18.9 Å². The lowest BCUT2D eigenvalue weighted by Gasteiger charge is -2.23. The average Bonchev–Trinajstić information content (AvgIpc) is 3.32. The first-order chi connectivity index (χ1) is 21.2. The first-order valence-electron chi connectivity index (χ1n) is 13.6. The molecule has 1 aromatic heterocycles. The van der Waals surface area contributed by atoms with E-state index < -0.39 is 12.0 Å². The van der Waals surface area contributed by atoms with Gasteiger partial charge in [-0.25, -0.2) is 9.79 Å². The summed E-state index contributed by atoms with van der Waals surface area (Å²) in [6.07, 6.45) is 3.15. The summed E-state index contributed by atoms with van der Waals surface area (Å²) >= 11 is 17.2. The normalized spacial score (nSPS) is 14.4. The van der Waals surface area contributed by atoms with E-state index in [4.69, 9.17) is 42.1 Å². The van der Waals surface area contributed by atoms with Crippen molar-refractivity contribution in [2.24, 2.45) is 4.99 Å². The summed E-state index contributed by atoms with van der Waals surface area (Å²) in [5.74, 6) is 0.972. The molecule has 5 rings (SSSR count). The van der Waals surface area contributed by atoms with E-state index in [1.165, 1.54) is 29.2 Å². The Balaban J connectivity index is 1.62. The van der Waals surface area contributed by atoms with Gasteiger partial charge in [-0.1, -0.05) is 52.7 Å². The summed E-state index contributed by atoms with van der Waals surface area (Å²) in [6, 6.07) is 15.3. The lowest BCUT2D eigenvalue weighted by molar-refractivity contribution is -0.136. The molecular weight excluding hydrogens is 691 g/mol. The number of nitrogens with zero attached hydrogens (tertiary/aromatic N) is 2. The van der Waals surface area contributed by atoms with Gasteiger partial charge in [-0.05, 0) is 83.4 Å².